The summed E-state index contributed by atoms with van der Waals surface area (Å²) in [7, 11) is 0. The second-order valence-electron chi connectivity index (χ2n) is 8.19. The van der Waals surface area contributed by atoms with Crippen LogP contribution in [0.15, 0.2) is 36.4 Å². The van der Waals surface area contributed by atoms with Crippen LogP contribution in [0.2, 0.25) is 0 Å². The molecule has 1 aliphatic rings. The lowest BCUT2D eigenvalue weighted by Gasteiger charge is -2.28. The molecule has 2 aromatic carbocycles. The Kier molecular flexibility index (Phi) is 7.20. The van der Waals surface area contributed by atoms with Crippen molar-refractivity contribution in [3.8, 4) is 17.2 Å². The zero-order valence-corrected chi connectivity index (χ0v) is 16.7. The van der Waals surface area contributed by atoms with Gasteiger partial charge in [0.15, 0.2) is 0 Å². The van der Waals surface area contributed by atoms with Crippen LogP contribution in [0.4, 0.5) is 8.78 Å². The third kappa shape index (κ3) is 5.19. The van der Waals surface area contributed by atoms with Crippen molar-refractivity contribution in [2.75, 3.05) is 0 Å². The maximum Gasteiger partial charge on any atom is 0.144 e. The summed E-state index contributed by atoms with van der Waals surface area (Å²) in [5, 5.41) is 8.79. The monoisotopic (exact) mass is 381 g/mol. The van der Waals surface area contributed by atoms with Gasteiger partial charge in [-0.2, -0.15) is 5.26 Å². The molecule has 0 amide bonds. The molecule has 0 radical (unpaired) electrons. The highest BCUT2D eigenvalue weighted by Gasteiger charge is 2.20. The Bertz CT molecular complexity index is 788. The number of hydrogen-bond donors (Lipinski definition) is 0. The SMILES string of the molecule is CCCC[C@H]1CC[C@H](CCc2ccc(-c3cc(F)c(C#N)c(F)c3)cc2)CC1. The molecule has 3 heteroatoms. The molecule has 0 unspecified atom stereocenters. The Balaban J connectivity index is 1.54. The normalized spacial score (nSPS) is 19.4. The van der Waals surface area contributed by atoms with Crippen molar-refractivity contribution in [3.63, 3.8) is 0 Å². The van der Waals surface area contributed by atoms with Crippen LogP contribution in [0.3, 0.4) is 0 Å². The van der Waals surface area contributed by atoms with Gasteiger partial charge in [0, 0.05) is 0 Å². The molecule has 1 fully saturated rings. The summed E-state index contributed by atoms with van der Waals surface area (Å²) in [6, 6.07) is 12.0. The largest absolute Gasteiger partial charge is 0.205 e. The maximum atomic E-state index is 13.8. The third-order valence-corrected chi connectivity index (χ3v) is 6.21. The summed E-state index contributed by atoms with van der Waals surface area (Å²) in [4.78, 5) is 0. The molecule has 3 rings (SSSR count). The number of nitrogens with zero attached hydrogens (tertiary/aromatic N) is 1. The highest BCUT2D eigenvalue weighted by atomic mass is 19.1. The van der Waals surface area contributed by atoms with Gasteiger partial charge in [0.1, 0.15) is 23.3 Å². The van der Waals surface area contributed by atoms with Crippen molar-refractivity contribution in [1.82, 2.24) is 0 Å². The molecule has 148 valence electrons. The summed E-state index contributed by atoms with van der Waals surface area (Å²) in [5.74, 6) is 0.162. The Labute approximate surface area is 167 Å². The quantitative estimate of drug-likeness (QED) is 0.489. The highest BCUT2D eigenvalue weighted by Crippen LogP contribution is 2.34. The summed E-state index contributed by atoms with van der Waals surface area (Å²) in [6.07, 6.45) is 11.8. The second kappa shape index (κ2) is 9.82. The van der Waals surface area contributed by atoms with E-state index >= 15 is 0 Å². The first-order valence-electron chi connectivity index (χ1n) is 10.6. The molecule has 0 spiro atoms. The molecule has 0 bridgehead atoms. The van der Waals surface area contributed by atoms with E-state index in [9.17, 15) is 8.78 Å². The van der Waals surface area contributed by atoms with Gasteiger partial charge in [0.25, 0.3) is 0 Å². The Morgan fingerprint density at radius 3 is 2.00 bits per heavy atom. The van der Waals surface area contributed by atoms with Crippen molar-refractivity contribution in [1.29, 1.82) is 5.26 Å². The Morgan fingerprint density at radius 1 is 0.893 bits per heavy atom. The Hall–Kier alpha value is -2.21. The lowest BCUT2D eigenvalue weighted by Crippen LogP contribution is -2.15. The van der Waals surface area contributed by atoms with Gasteiger partial charge in [-0.25, -0.2) is 8.78 Å². The minimum atomic E-state index is -0.809. The highest BCUT2D eigenvalue weighted by molar-refractivity contribution is 5.65. The van der Waals surface area contributed by atoms with Crippen LogP contribution < -0.4 is 0 Å². The number of aryl methyl sites for hydroxylation is 1. The fourth-order valence-electron chi connectivity index (χ4n) is 4.38. The maximum absolute atomic E-state index is 13.8. The second-order valence-corrected chi connectivity index (χ2v) is 8.19. The fourth-order valence-corrected chi connectivity index (χ4v) is 4.38. The topological polar surface area (TPSA) is 23.8 Å². The minimum Gasteiger partial charge on any atom is -0.205 e. The van der Waals surface area contributed by atoms with Crippen molar-refractivity contribution in [2.24, 2.45) is 11.8 Å². The molecule has 0 aliphatic heterocycles. The molecule has 1 nitrogen and oxygen atoms in total. The van der Waals surface area contributed by atoms with E-state index in [0.717, 1.165) is 23.8 Å². The molecule has 0 aromatic heterocycles. The van der Waals surface area contributed by atoms with Gasteiger partial charge >= 0.3 is 0 Å². The summed E-state index contributed by atoms with van der Waals surface area (Å²) in [6.45, 7) is 2.27. The van der Waals surface area contributed by atoms with E-state index in [-0.39, 0.29) is 0 Å². The first-order valence-corrected chi connectivity index (χ1v) is 10.6. The van der Waals surface area contributed by atoms with E-state index in [1.54, 1.807) is 6.07 Å². The van der Waals surface area contributed by atoms with Gasteiger partial charge in [-0.1, -0.05) is 76.1 Å². The van der Waals surface area contributed by atoms with E-state index in [1.165, 1.54) is 69.1 Å². The van der Waals surface area contributed by atoms with Crippen molar-refractivity contribution >= 4 is 0 Å². The third-order valence-electron chi connectivity index (χ3n) is 6.21. The molecule has 0 heterocycles. The van der Waals surface area contributed by atoms with Crippen molar-refractivity contribution < 1.29 is 8.78 Å². The first kappa shape index (κ1) is 20.5. The van der Waals surface area contributed by atoms with E-state index in [0.29, 0.717) is 5.56 Å². The zero-order chi connectivity index (χ0) is 19.9. The van der Waals surface area contributed by atoms with Crippen LogP contribution in [0.25, 0.3) is 11.1 Å². The number of halogens is 2. The predicted octanol–water partition coefficient (Wildman–Crippen LogP) is 7.43. The van der Waals surface area contributed by atoms with Crippen LogP contribution in [0.1, 0.15) is 69.4 Å². The Morgan fingerprint density at radius 2 is 1.46 bits per heavy atom. The summed E-state index contributed by atoms with van der Waals surface area (Å²) >= 11 is 0. The average Bonchev–Trinajstić information content (AvgIpc) is 2.71. The van der Waals surface area contributed by atoms with Crippen LogP contribution >= 0.6 is 0 Å². The van der Waals surface area contributed by atoms with Crippen molar-refractivity contribution in [3.05, 3.63) is 59.2 Å². The van der Waals surface area contributed by atoms with Crippen LogP contribution in [0, 0.1) is 34.8 Å². The van der Waals surface area contributed by atoms with E-state index in [4.69, 9.17) is 5.26 Å². The van der Waals surface area contributed by atoms with Crippen molar-refractivity contribution in [2.45, 2.75) is 64.7 Å². The van der Waals surface area contributed by atoms with Gasteiger partial charge in [-0.3, -0.25) is 0 Å². The van der Waals surface area contributed by atoms with E-state index < -0.39 is 17.2 Å². The molecule has 0 atom stereocenters. The van der Waals surface area contributed by atoms with Gasteiger partial charge < -0.3 is 0 Å². The van der Waals surface area contributed by atoms with Gasteiger partial charge in [0.05, 0.1) is 0 Å². The van der Waals surface area contributed by atoms with Gasteiger partial charge in [-0.15, -0.1) is 0 Å². The summed E-state index contributed by atoms with van der Waals surface area (Å²) in [5.41, 5.74) is 1.98. The standard InChI is InChI=1S/C25H29F2N/c1-2-3-4-18-5-7-19(8-6-18)9-10-20-11-13-21(14-12-20)22-15-24(26)23(17-28)25(27)16-22/h11-16,18-19H,2-10H2,1H3/t18-,19-. The predicted molar refractivity (Wildman–Crippen MR) is 110 cm³/mol. The smallest absolute Gasteiger partial charge is 0.144 e. The molecule has 2 aromatic rings. The first-order chi connectivity index (χ1) is 13.6. The molecule has 28 heavy (non-hydrogen) atoms. The molecule has 1 aliphatic carbocycles. The van der Waals surface area contributed by atoms with Gasteiger partial charge in [0.2, 0.25) is 0 Å². The minimum absolute atomic E-state index is 0.464. The molecule has 1 saturated carbocycles. The van der Waals surface area contributed by atoms with Gasteiger partial charge in [-0.05, 0) is 53.5 Å². The molecule has 0 saturated heterocycles. The van der Waals surface area contributed by atoms with Crippen LogP contribution in [-0.4, -0.2) is 0 Å². The average molecular weight is 382 g/mol. The lowest BCUT2D eigenvalue weighted by atomic mass is 9.78. The van der Waals surface area contributed by atoms with Crippen LogP contribution in [-0.2, 0) is 6.42 Å². The molecular weight excluding hydrogens is 352 g/mol. The fraction of sp³-hybridized carbons (Fsp3) is 0.480. The van der Waals surface area contributed by atoms with E-state index in [1.807, 2.05) is 12.1 Å². The zero-order valence-electron chi connectivity index (χ0n) is 16.7. The van der Waals surface area contributed by atoms with Crippen LogP contribution in [0.5, 0.6) is 0 Å². The lowest BCUT2D eigenvalue weighted by molar-refractivity contribution is 0.250. The number of hydrogen-bond acceptors (Lipinski definition) is 1. The van der Waals surface area contributed by atoms with E-state index in [2.05, 4.69) is 19.1 Å². The molecule has 0 N–H and O–H groups in total. The molecular formula is C25H29F2N. The number of unbranched alkanes of at least 4 members (excludes halogenated alkanes) is 1. The number of benzene rings is 2. The number of nitriles is 1. The number of rotatable bonds is 7. The summed E-state index contributed by atoms with van der Waals surface area (Å²) < 4.78 is 27.7.